The van der Waals surface area contributed by atoms with Crippen molar-refractivity contribution in [2.45, 2.75) is 39.3 Å². The summed E-state index contributed by atoms with van der Waals surface area (Å²) < 4.78 is 0. The molecule has 0 fully saturated rings. The number of H-pyrrole nitrogens is 2. The lowest BCUT2D eigenvalue weighted by molar-refractivity contribution is -0.130. The second-order valence-electron chi connectivity index (χ2n) is 5.91. The van der Waals surface area contributed by atoms with Gasteiger partial charge in [-0.15, -0.1) is 0 Å². The average Bonchev–Trinajstić information content (AvgIpc) is 2.52. The van der Waals surface area contributed by atoms with E-state index in [1.165, 1.54) is 11.6 Å². The predicted molar refractivity (Wildman–Crippen MR) is 88.2 cm³/mol. The van der Waals surface area contributed by atoms with Gasteiger partial charge in [-0.25, -0.2) is 4.79 Å². The van der Waals surface area contributed by atoms with Gasteiger partial charge in [-0.3, -0.25) is 19.5 Å². The van der Waals surface area contributed by atoms with Crippen molar-refractivity contribution in [1.29, 1.82) is 0 Å². The third-order valence-corrected chi connectivity index (χ3v) is 4.35. The zero-order valence-corrected chi connectivity index (χ0v) is 13.9. The van der Waals surface area contributed by atoms with Gasteiger partial charge in [-0.2, -0.15) is 0 Å². The normalized spacial score (nSPS) is 16.7. The first-order valence-corrected chi connectivity index (χ1v) is 7.90. The van der Waals surface area contributed by atoms with Crippen LogP contribution in [0.3, 0.4) is 0 Å². The first-order valence-electron chi connectivity index (χ1n) is 7.90. The maximum Gasteiger partial charge on any atom is 0.325 e. The zero-order chi connectivity index (χ0) is 17.0. The van der Waals surface area contributed by atoms with Crippen molar-refractivity contribution in [1.82, 2.24) is 19.8 Å². The molecule has 7 nitrogen and oxygen atoms in total. The molecule has 2 heterocycles. The third kappa shape index (κ3) is 4.41. The second kappa shape index (κ2) is 7.41. The second-order valence-corrected chi connectivity index (χ2v) is 5.91. The van der Waals surface area contributed by atoms with E-state index in [0.29, 0.717) is 18.7 Å². The van der Waals surface area contributed by atoms with Gasteiger partial charge in [0, 0.05) is 50.9 Å². The molecule has 23 heavy (non-hydrogen) atoms. The van der Waals surface area contributed by atoms with Crippen LogP contribution in [0.5, 0.6) is 0 Å². The number of aromatic amines is 2. The Bertz CT molecular complexity index is 676. The summed E-state index contributed by atoms with van der Waals surface area (Å²) in [6.45, 7) is 6.01. The Morgan fingerprint density at radius 1 is 1.39 bits per heavy atom. The van der Waals surface area contributed by atoms with Crippen LogP contribution in [0.2, 0.25) is 0 Å². The number of likely N-dealkylation sites (N-methyl/N-ethyl adjacent to an activating group) is 1. The summed E-state index contributed by atoms with van der Waals surface area (Å²) in [6.07, 6.45) is 3.52. The van der Waals surface area contributed by atoms with Gasteiger partial charge in [0.05, 0.1) is 0 Å². The van der Waals surface area contributed by atoms with Gasteiger partial charge in [-0.05, 0) is 18.9 Å². The largest absolute Gasteiger partial charge is 0.339 e. The molecule has 2 N–H and O–H groups in total. The molecule has 0 saturated heterocycles. The molecule has 0 bridgehead atoms. The minimum atomic E-state index is -0.478. The standard InChI is InChI=1S/C16H24N4O3/c1-4-15(22)19(3)11(2)12-5-7-20(8-6-12)10-13-9-14(21)18-16(23)17-13/h5,9,11H,4,6-8,10H2,1-3H3,(H2,17,18,21,23)/t11-/m1/s1. The maximum absolute atomic E-state index is 11.8. The van der Waals surface area contributed by atoms with Crippen molar-refractivity contribution in [2.75, 3.05) is 20.1 Å². The van der Waals surface area contributed by atoms with E-state index in [0.717, 1.165) is 19.5 Å². The molecule has 0 saturated carbocycles. The Morgan fingerprint density at radius 3 is 2.70 bits per heavy atom. The number of amides is 1. The maximum atomic E-state index is 11.8. The molecule has 0 aromatic carbocycles. The van der Waals surface area contributed by atoms with Gasteiger partial charge in [0.25, 0.3) is 5.56 Å². The van der Waals surface area contributed by atoms with Crippen LogP contribution in [-0.2, 0) is 11.3 Å². The van der Waals surface area contributed by atoms with E-state index in [1.807, 2.05) is 20.9 Å². The number of carbonyl (C=O) groups is 1. The van der Waals surface area contributed by atoms with Crippen LogP contribution in [-0.4, -0.2) is 51.9 Å². The molecule has 1 aliphatic heterocycles. The Morgan fingerprint density at radius 2 is 2.13 bits per heavy atom. The van der Waals surface area contributed by atoms with Crippen molar-refractivity contribution in [3.05, 3.63) is 44.2 Å². The first-order chi connectivity index (χ1) is 10.9. The molecular formula is C16H24N4O3. The van der Waals surface area contributed by atoms with Crippen molar-refractivity contribution in [3.8, 4) is 0 Å². The van der Waals surface area contributed by atoms with E-state index in [9.17, 15) is 14.4 Å². The van der Waals surface area contributed by atoms with E-state index in [1.54, 1.807) is 4.90 Å². The van der Waals surface area contributed by atoms with Crippen molar-refractivity contribution < 1.29 is 4.79 Å². The van der Waals surface area contributed by atoms with E-state index in [2.05, 4.69) is 20.9 Å². The summed E-state index contributed by atoms with van der Waals surface area (Å²) in [7, 11) is 1.84. The predicted octanol–water partition coefficient (Wildman–Crippen LogP) is 0.452. The lowest BCUT2D eigenvalue weighted by atomic mass is 10.00. The Labute approximate surface area is 135 Å². The molecule has 0 aliphatic carbocycles. The molecule has 0 radical (unpaired) electrons. The van der Waals surface area contributed by atoms with Gasteiger partial charge in [0.1, 0.15) is 0 Å². The summed E-state index contributed by atoms with van der Waals surface area (Å²) in [5.74, 6) is 0.141. The lowest BCUT2D eigenvalue weighted by Gasteiger charge is -2.32. The first kappa shape index (κ1) is 17.2. The Kier molecular flexibility index (Phi) is 5.54. The highest BCUT2D eigenvalue weighted by molar-refractivity contribution is 5.76. The molecule has 0 spiro atoms. The summed E-state index contributed by atoms with van der Waals surface area (Å²) in [6, 6.07) is 1.51. The summed E-state index contributed by atoms with van der Waals surface area (Å²) >= 11 is 0. The Balaban J connectivity index is 1.99. The van der Waals surface area contributed by atoms with E-state index >= 15 is 0 Å². The minimum Gasteiger partial charge on any atom is -0.339 e. The highest BCUT2D eigenvalue weighted by Crippen LogP contribution is 2.19. The summed E-state index contributed by atoms with van der Waals surface area (Å²) in [4.78, 5) is 43.1. The van der Waals surface area contributed by atoms with Crippen LogP contribution < -0.4 is 11.2 Å². The van der Waals surface area contributed by atoms with E-state index in [4.69, 9.17) is 0 Å². The number of hydrogen-bond acceptors (Lipinski definition) is 4. The van der Waals surface area contributed by atoms with Gasteiger partial charge < -0.3 is 9.88 Å². The smallest absolute Gasteiger partial charge is 0.325 e. The molecular weight excluding hydrogens is 296 g/mol. The van der Waals surface area contributed by atoms with Crippen molar-refractivity contribution >= 4 is 5.91 Å². The molecule has 1 aromatic rings. The monoisotopic (exact) mass is 320 g/mol. The number of rotatable bonds is 5. The molecule has 1 aliphatic rings. The fraction of sp³-hybridized carbons (Fsp3) is 0.562. The van der Waals surface area contributed by atoms with Gasteiger partial charge in [0.15, 0.2) is 0 Å². The van der Waals surface area contributed by atoms with Gasteiger partial charge in [-0.1, -0.05) is 13.0 Å². The molecule has 126 valence electrons. The highest BCUT2D eigenvalue weighted by atomic mass is 16.2. The SMILES string of the molecule is CCC(=O)N(C)[C@H](C)C1=CCN(Cc2cc(=O)[nH]c(=O)[nH]2)CC1. The van der Waals surface area contributed by atoms with Gasteiger partial charge >= 0.3 is 5.69 Å². The number of nitrogens with one attached hydrogen (secondary N) is 2. The van der Waals surface area contributed by atoms with Crippen molar-refractivity contribution in [3.63, 3.8) is 0 Å². The number of aromatic nitrogens is 2. The van der Waals surface area contributed by atoms with Crippen LogP contribution in [0.15, 0.2) is 27.3 Å². The molecule has 7 heteroatoms. The molecule has 1 atom stereocenters. The number of nitrogens with zero attached hydrogens (tertiary/aromatic N) is 2. The summed E-state index contributed by atoms with van der Waals surface area (Å²) in [5, 5.41) is 0. The average molecular weight is 320 g/mol. The highest BCUT2D eigenvalue weighted by Gasteiger charge is 2.21. The van der Waals surface area contributed by atoms with Crippen LogP contribution >= 0.6 is 0 Å². The molecule has 2 rings (SSSR count). The minimum absolute atomic E-state index is 0.101. The fourth-order valence-corrected chi connectivity index (χ4v) is 2.81. The number of carbonyl (C=O) groups excluding carboxylic acids is 1. The van der Waals surface area contributed by atoms with Crippen molar-refractivity contribution in [2.24, 2.45) is 0 Å². The molecule has 1 aromatic heterocycles. The third-order valence-electron chi connectivity index (χ3n) is 4.35. The zero-order valence-electron chi connectivity index (χ0n) is 13.9. The molecule has 0 unspecified atom stereocenters. The fourth-order valence-electron chi connectivity index (χ4n) is 2.81. The van der Waals surface area contributed by atoms with Crippen LogP contribution in [0.25, 0.3) is 0 Å². The number of hydrogen-bond donors (Lipinski definition) is 2. The topological polar surface area (TPSA) is 89.3 Å². The van der Waals surface area contributed by atoms with Crippen LogP contribution in [0.4, 0.5) is 0 Å². The lowest BCUT2D eigenvalue weighted by Crippen LogP contribution is -2.39. The summed E-state index contributed by atoms with van der Waals surface area (Å²) in [5.41, 5.74) is 1.01. The van der Waals surface area contributed by atoms with Crippen LogP contribution in [0, 0.1) is 0 Å². The van der Waals surface area contributed by atoms with Crippen LogP contribution in [0.1, 0.15) is 32.4 Å². The van der Waals surface area contributed by atoms with E-state index in [-0.39, 0.29) is 17.5 Å². The Hall–Kier alpha value is -2.15. The molecule has 1 amide bonds. The van der Waals surface area contributed by atoms with Gasteiger partial charge in [0.2, 0.25) is 5.91 Å². The van der Waals surface area contributed by atoms with E-state index < -0.39 is 5.69 Å². The quantitative estimate of drug-likeness (QED) is 0.771.